The van der Waals surface area contributed by atoms with Crippen molar-refractivity contribution in [2.45, 2.75) is 6.92 Å². The molecule has 0 aliphatic carbocycles. The van der Waals surface area contributed by atoms with Crippen LogP contribution in [-0.2, 0) is 0 Å². The molecule has 0 unspecified atom stereocenters. The molecule has 2 nitrogen and oxygen atoms in total. The third-order valence-corrected chi connectivity index (χ3v) is 2.55. The van der Waals surface area contributed by atoms with E-state index in [0.717, 1.165) is 27.2 Å². The van der Waals surface area contributed by atoms with E-state index in [2.05, 4.69) is 15.9 Å². The highest BCUT2D eigenvalue weighted by atomic mass is 79.9. The monoisotopic (exact) mass is 251 g/mol. The molecular formula is C11H10BrNO. The number of halogens is 1. The molecule has 0 atom stereocenters. The van der Waals surface area contributed by atoms with Gasteiger partial charge in [-0.05, 0) is 58.7 Å². The summed E-state index contributed by atoms with van der Waals surface area (Å²) < 4.78 is 6.18. The summed E-state index contributed by atoms with van der Waals surface area (Å²) in [4.78, 5) is 0. The summed E-state index contributed by atoms with van der Waals surface area (Å²) in [6.07, 6.45) is 0. The average Bonchev–Trinajstić information content (AvgIpc) is 2.57. The molecule has 1 heterocycles. The summed E-state index contributed by atoms with van der Waals surface area (Å²) in [7, 11) is 0. The molecule has 0 radical (unpaired) electrons. The molecule has 0 saturated carbocycles. The van der Waals surface area contributed by atoms with Crippen LogP contribution in [0.1, 0.15) is 5.56 Å². The zero-order valence-corrected chi connectivity index (χ0v) is 9.34. The average molecular weight is 252 g/mol. The van der Waals surface area contributed by atoms with Crippen LogP contribution in [0, 0.1) is 6.92 Å². The van der Waals surface area contributed by atoms with Crippen molar-refractivity contribution in [3.63, 3.8) is 0 Å². The minimum Gasteiger partial charge on any atom is -0.449 e. The maximum atomic E-state index is 5.73. The molecule has 3 heteroatoms. The lowest BCUT2D eigenvalue weighted by Gasteiger charge is -2.01. The van der Waals surface area contributed by atoms with Crippen molar-refractivity contribution in [2.24, 2.45) is 0 Å². The predicted octanol–water partition coefficient (Wildman–Crippen LogP) is 3.60. The number of benzene rings is 1. The molecule has 2 N–H and O–H groups in total. The zero-order valence-electron chi connectivity index (χ0n) is 7.75. The first-order valence-corrected chi connectivity index (χ1v) is 5.08. The number of rotatable bonds is 1. The third-order valence-electron chi connectivity index (χ3n) is 2.13. The Bertz CT molecular complexity index is 462. The van der Waals surface area contributed by atoms with Gasteiger partial charge in [0.1, 0.15) is 5.76 Å². The Kier molecular flexibility index (Phi) is 2.33. The Morgan fingerprint density at radius 1 is 1.21 bits per heavy atom. The third kappa shape index (κ3) is 1.68. The van der Waals surface area contributed by atoms with Crippen molar-refractivity contribution in [2.75, 3.05) is 5.73 Å². The Morgan fingerprint density at radius 2 is 2.00 bits per heavy atom. The van der Waals surface area contributed by atoms with Crippen LogP contribution in [0.3, 0.4) is 0 Å². The van der Waals surface area contributed by atoms with Gasteiger partial charge >= 0.3 is 0 Å². The summed E-state index contributed by atoms with van der Waals surface area (Å²) in [5.74, 6) is 0.847. The van der Waals surface area contributed by atoms with Gasteiger partial charge in [-0.2, -0.15) is 0 Å². The summed E-state index contributed by atoms with van der Waals surface area (Å²) in [6, 6.07) is 9.66. The smallest absolute Gasteiger partial charge is 0.169 e. The molecule has 0 aliphatic rings. The first-order chi connectivity index (χ1) is 6.66. The van der Waals surface area contributed by atoms with Gasteiger partial charge in [0.15, 0.2) is 4.67 Å². The second kappa shape index (κ2) is 3.50. The molecule has 1 aromatic heterocycles. The van der Waals surface area contributed by atoms with Crippen molar-refractivity contribution < 1.29 is 4.42 Å². The van der Waals surface area contributed by atoms with E-state index < -0.39 is 0 Å². The van der Waals surface area contributed by atoms with Crippen LogP contribution in [-0.4, -0.2) is 0 Å². The molecule has 0 spiro atoms. The molecule has 0 amide bonds. The minimum absolute atomic E-state index is 0.738. The van der Waals surface area contributed by atoms with Gasteiger partial charge < -0.3 is 10.2 Å². The molecule has 2 rings (SSSR count). The standard InChI is InChI=1S/C11H10BrNO/c1-7-6-8(2-3-9(7)13)10-4-5-11(12)14-10/h2-6H,13H2,1H3. The maximum Gasteiger partial charge on any atom is 0.169 e. The SMILES string of the molecule is Cc1cc(-c2ccc(Br)o2)ccc1N. The van der Waals surface area contributed by atoms with Gasteiger partial charge in [-0.3, -0.25) is 0 Å². The van der Waals surface area contributed by atoms with Crippen molar-refractivity contribution in [1.82, 2.24) is 0 Å². The first-order valence-electron chi connectivity index (χ1n) is 4.28. The van der Waals surface area contributed by atoms with E-state index in [0.29, 0.717) is 0 Å². The van der Waals surface area contributed by atoms with Crippen molar-refractivity contribution in [3.8, 4) is 11.3 Å². The lowest BCUT2D eigenvalue weighted by atomic mass is 10.1. The van der Waals surface area contributed by atoms with Gasteiger partial charge in [-0.25, -0.2) is 0 Å². The number of nitrogen functional groups attached to an aromatic ring is 1. The van der Waals surface area contributed by atoms with Crippen LogP contribution < -0.4 is 5.73 Å². The molecule has 0 bridgehead atoms. The van der Waals surface area contributed by atoms with Crippen LogP contribution in [0.4, 0.5) is 5.69 Å². The summed E-state index contributed by atoms with van der Waals surface area (Å²) in [5, 5.41) is 0. The number of nitrogens with two attached hydrogens (primary N) is 1. The van der Waals surface area contributed by atoms with Crippen LogP contribution in [0.5, 0.6) is 0 Å². The van der Waals surface area contributed by atoms with Crippen LogP contribution in [0.2, 0.25) is 0 Å². The number of hydrogen-bond donors (Lipinski definition) is 1. The Labute approximate surface area is 90.9 Å². The van der Waals surface area contributed by atoms with Crippen molar-refractivity contribution in [1.29, 1.82) is 0 Å². The molecule has 72 valence electrons. The highest BCUT2D eigenvalue weighted by Crippen LogP contribution is 2.27. The van der Waals surface area contributed by atoms with Gasteiger partial charge in [0.05, 0.1) is 0 Å². The fourth-order valence-corrected chi connectivity index (χ4v) is 1.60. The van der Waals surface area contributed by atoms with E-state index in [9.17, 15) is 0 Å². The quantitative estimate of drug-likeness (QED) is 0.787. The predicted molar refractivity (Wildman–Crippen MR) is 61.0 cm³/mol. The van der Waals surface area contributed by atoms with E-state index in [-0.39, 0.29) is 0 Å². The Morgan fingerprint density at radius 3 is 2.57 bits per heavy atom. The summed E-state index contributed by atoms with van der Waals surface area (Å²) in [6.45, 7) is 1.98. The normalized spacial score (nSPS) is 10.4. The minimum atomic E-state index is 0.738. The summed E-state index contributed by atoms with van der Waals surface area (Å²) >= 11 is 3.27. The largest absolute Gasteiger partial charge is 0.449 e. The Balaban J connectivity index is 2.47. The van der Waals surface area contributed by atoms with E-state index in [1.165, 1.54) is 0 Å². The first kappa shape index (κ1) is 9.34. The van der Waals surface area contributed by atoms with Crippen LogP contribution in [0.25, 0.3) is 11.3 Å². The van der Waals surface area contributed by atoms with Gasteiger partial charge in [-0.1, -0.05) is 0 Å². The number of furan rings is 1. The second-order valence-electron chi connectivity index (χ2n) is 3.18. The topological polar surface area (TPSA) is 39.2 Å². The van der Waals surface area contributed by atoms with E-state index in [1.807, 2.05) is 37.3 Å². The van der Waals surface area contributed by atoms with E-state index in [1.54, 1.807) is 0 Å². The molecule has 14 heavy (non-hydrogen) atoms. The number of hydrogen-bond acceptors (Lipinski definition) is 2. The fourth-order valence-electron chi connectivity index (χ4n) is 1.30. The van der Waals surface area contributed by atoms with Gasteiger partial charge in [0.25, 0.3) is 0 Å². The van der Waals surface area contributed by atoms with Crippen LogP contribution in [0.15, 0.2) is 39.4 Å². The lowest BCUT2D eigenvalue weighted by Crippen LogP contribution is -1.88. The van der Waals surface area contributed by atoms with Gasteiger partial charge in [0.2, 0.25) is 0 Å². The molecule has 0 fully saturated rings. The second-order valence-corrected chi connectivity index (χ2v) is 3.96. The Hall–Kier alpha value is -1.22. The summed E-state index contributed by atoms with van der Waals surface area (Å²) in [5.41, 5.74) is 8.65. The number of aryl methyl sites for hydroxylation is 1. The number of anilines is 1. The zero-order chi connectivity index (χ0) is 10.1. The lowest BCUT2D eigenvalue weighted by molar-refractivity contribution is 0.556. The highest BCUT2D eigenvalue weighted by Gasteiger charge is 2.03. The fraction of sp³-hybridized carbons (Fsp3) is 0.0909. The van der Waals surface area contributed by atoms with Gasteiger partial charge in [0, 0.05) is 11.3 Å². The van der Waals surface area contributed by atoms with E-state index in [4.69, 9.17) is 10.2 Å². The molecular weight excluding hydrogens is 242 g/mol. The molecule has 1 aromatic carbocycles. The van der Waals surface area contributed by atoms with Gasteiger partial charge in [-0.15, -0.1) is 0 Å². The highest BCUT2D eigenvalue weighted by molar-refractivity contribution is 9.10. The molecule has 0 aliphatic heterocycles. The van der Waals surface area contributed by atoms with Crippen LogP contribution >= 0.6 is 15.9 Å². The molecule has 0 saturated heterocycles. The van der Waals surface area contributed by atoms with Crippen molar-refractivity contribution in [3.05, 3.63) is 40.6 Å². The van der Waals surface area contributed by atoms with E-state index >= 15 is 0 Å². The van der Waals surface area contributed by atoms with Crippen molar-refractivity contribution >= 4 is 21.6 Å². The molecule has 2 aromatic rings. The maximum absolute atomic E-state index is 5.73.